The highest BCUT2D eigenvalue weighted by molar-refractivity contribution is 5.58. The molecule has 0 N–H and O–H groups in total. The van der Waals surface area contributed by atoms with Crippen LogP contribution in [0.4, 0.5) is 0 Å². The standard InChI is InChI=1S/C10H13NO/c1-9(2)8-11-12-10-6-4-3-5-7-10/h3-9H,1-2H3/b11-8+. The maximum Gasteiger partial charge on any atom is 0.157 e. The SMILES string of the molecule is CC(C)/C=N/Oc1ccccc1. The lowest BCUT2D eigenvalue weighted by Gasteiger charge is -1.96. The highest BCUT2D eigenvalue weighted by Crippen LogP contribution is 2.07. The fourth-order valence-corrected chi connectivity index (χ4v) is 0.694. The molecule has 0 aromatic heterocycles. The molecule has 0 bridgehead atoms. The van der Waals surface area contributed by atoms with E-state index in [-0.39, 0.29) is 0 Å². The Labute approximate surface area is 72.9 Å². The molecule has 0 radical (unpaired) electrons. The lowest BCUT2D eigenvalue weighted by molar-refractivity contribution is 0.341. The van der Waals surface area contributed by atoms with Crippen molar-refractivity contribution in [3.63, 3.8) is 0 Å². The van der Waals surface area contributed by atoms with Gasteiger partial charge in [-0.1, -0.05) is 37.2 Å². The molecule has 0 unspecified atom stereocenters. The van der Waals surface area contributed by atoms with Crippen molar-refractivity contribution in [1.29, 1.82) is 0 Å². The molecule has 0 atom stereocenters. The monoisotopic (exact) mass is 163 g/mol. The van der Waals surface area contributed by atoms with Crippen LogP contribution in [-0.2, 0) is 0 Å². The zero-order valence-electron chi connectivity index (χ0n) is 7.40. The molecule has 1 aromatic rings. The van der Waals surface area contributed by atoms with Gasteiger partial charge in [-0.05, 0) is 18.1 Å². The van der Waals surface area contributed by atoms with Gasteiger partial charge >= 0.3 is 0 Å². The third kappa shape index (κ3) is 3.19. The number of hydrogen-bond acceptors (Lipinski definition) is 2. The van der Waals surface area contributed by atoms with E-state index in [0.717, 1.165) is 5.75 Å². The van der Waals surface area contributed by atoms with Crippen LogP contribution in [0.5, 0.6) is 5.75 Å². The Morgan fingerprint density at radius 3 is 2.50 bits per heavy atom. The number of para-hydroxylation sites is 1. The third-order valence-electron chi connectivity index (χ3n) is 1.26. The van der Waals surface area contributed by atoms with E-state index in [9.17, 15) is 0 Å². The van der Waals surface area contributed by atoms with Crippen LogP contribution >= 0.6 is 0 Å². The topological polar surface area (TPSA) is 21.6 Å². The highest BCUT2D eigenvalue weighted by atomic mass is 16.6. The van der Waals surface area contributed by atoms with E-state index in [2.05, 4.69) is 19.0 Å². The Morgan fingerprint density at radius 2 is 1.92 bits per heavy atom. The molecule has 2 heteroatoms. The summed E-state index contributed by atoms with van der Waals surface area (Å²) < 4.78 is 0. The first-order valence-electron chi connectivity index (χ1n) is 4.04. The van der Waals surface area contributed by atoms with Crippen molar-refractivity contribution in [2.45, 2.75) is 13.8 Å². The van der Waals surface area contributed by atoms with E-state index in [1.165, 1.54) is 0 Å². The van der Waals surface area contributed by atoms with E-state index in [1.54, 1.807) is 6.21 Å². The fourth-order valence-electron chi connectivity index (χ4n) is 0.694. The lowest BCUT2D eigenvalue weighted by Crippen LogP contribution is -1.90. The number of rotatable bonds is 3. The quantitative estimate of drug-likeness (QED) is 0.496. The molecular weight excluding hydrogens is 150 g/mol. The van der Waals surface area contributed by atoms with Gasteiger partial charge in [-0.3, -0.25) is 0 Å². The maximum atomic E-state index is 5.09. The molecule has 64 valence electrons. The smallest absolute Gasteiger partial charge is 0.157 e. The summed E-state index contributed by atoms with van der Waals surface area (Å²) in [5, 5.41) is 3.82. The largest absolute Gasteiger partial charge is 0.357 e. The van der Waals surface area contributed by atoms with E-state index >= 15 is 0 Å². The Kier molecular flexibility index (Phi) is 3.33. The summed E-state index contributed by atoms with van der Waals surface area (Å²) in [6, 6.07) is 9.52. The summed E-state index contributed by atoms with van der Waals surface area (Å²) in [6.45, 7) is 4.11. The van der Waals surface area contributed by atoms with Crippen molar-refractivity contribution in [1.82, 2.24) is 0 Å². The van der Waals surface area contributed by atoms with Crippen molar-refractivity contribution in [2.75, 3.05) is 0 Å². The summed E-state index contributed by atoms with van der Waals surface area (Å²) in [6.07, 6.45) is 1.77. The van der Waals surface area contributed by atoms with Gasteiger partial charge in [0.05, 0.1) is 0 Å². The minimum atomic E-state index is 0.425. The van der Waals surface area contributed by atoms with Crippen molar-refractivity contribution < 1.29 is 4.84 Å². The van der Waals surface area contributed by atoms with Gasteiger partial charge in [-0.2, -0.15) is 0 Å². The molecule has 12 heavy (non-hydrogen) atoms. The zero-order valence-corrected chi connectivity index (χ0v) is 7.40. The van der Waals surface area contributed by atoms with E-state index in [4.69, 9.17) is 4.84 Å². The van der Waals surface area contributed by atoms with Crippen molar-refractivity contribution in [2.24, 2.45) is 11.1 Å². The molecule has 0 fully saturated rings. The van der Waals surface area contributed by atoms with E-state index < -0.39 is 0 Å². The Bertz CT molecular complexity index is 241. The summed E-state index contributed by atoms with van der Waals surface area (Å²) in [5.41, 5.74) is 0. The predicted molar refractivity (Wildman–Crippen MR) is 50.4 cm³/mol. The van der Waals surface area contributed by atoms with Crippen molar-refractivity contribution in [3.05, 3.63) is 30.3 Å². The number of nitrogens with zero attached hydrogens (tertiary/aromatic N) is 1. The van der Waals surface area contributed by atoms with E-state index in [0.29, 0.717) is 5.92 Å². The second-order valence-electron chi connectivity index (χ2n) is 2.90. The van der Waals surface area contributed by atoms with Gasteiger partial charge in [0.15, 0.2) is 5.75 Å². The fraction of sp³-hybridized carbons (Fsp3) is 0.300. The molecule has 0 aliphatic carbocycles. The summed E-state index contributed by atoms with van der Waals surface area (Å²) in [5.74, 6) is 1.20. The molecule has 1 rings (SSSR count). The summed E-state index contributed by atoms with van der Waals surface area (Å²) >= 11 is 0. The zero-order chi connectivity index (χ0) is 8.81. The Balaban J connectivity index is 2.43. The molecule has 0 saturated heterocycles. The Morgan fingerprint density at radius 1 is 1.25 bits per heavy atom. The molecular formula is C10H13NO. The van der Waals surface area contributed by atoms with Gasteiger partial charge < -0.3 is 4.84 Å². The first-order valence-corrected chi connectivity index (χ1v) is 4.04. The molecule has 0 aliphatic heterocycles. The molecule has 0 aliphatic rings. The van der Waals surface area contributed by atoms with Gasteiger partial charge in [-0.15, -0.1) is 0 Å². The van der Waals surface area contributed by atoms with Crippen LogP contribution in [0.15, 0.2) is 35.5 Å². The van der Waals surface area contributed by atoms with E-state index in [1.807, 2.05) is 30.3 Å². The van der Waals surface area contributed by atoms with Gasteiger partial charge in [0.2, 0.25) is 0 Å². The molecule has 0 heterocycles. The average molecular weight is 163 g/mol. The Hall–Kier alpha value is -1.31. The second-order valence-corrected chi connectivity index (χ2v) is 2.90. The summed E-state index contributed by atoms with van der Waals surface area (Å²) in [4.78, 5) is 5.09. The van der Waals surface area contributed by atoms with Crippen molar-refractivity contribution in [3.8, 4) is 5.75 Å². The molecule has 0 spiro atoms. The normalized spacial score (nSPS) is 10.9. The lowest BCUT2D eigenvalue weighted by atomic mass is 10.3. The van der Waals surface area contributed by atoms with Crippen LogP contribution in [0.2, 0.25) is 0 Å². The molecule has 2 nitrogen and oxygen atoms in total. The van der Waals surface area contributed by atoms with Gasteiger partial charge in [0.25, 0.3) is 0 Å². The maximum absolute atomic E-state index is 5.09. The summed E-state index contributed by atoms with van der Waals surface area (Å²) in [7, 11) is 0. The average Bonchev–Trinajstić information content (AvgIpc) is 2.05. The minimum absolute atomic E-state index is 0.425. The number of benzene rings is 1. The molecule has 0 saturated carbocycles. The van der Waals surface area contributed by atoms with Crippen molar-refractivity contribution >= 4 is 6.21 Å². The number of hydrogen-bond donors (Lipinski definition) is 0. The van der Waals surface area contributed by atoms with Gasteiger partial charge in [0.1, 0.15) is 0 Å². The van der Waals surface area contributed by atoms with Crippen LogP contribution < -0.4 is 4.84 Å². The van der Waals surface area contributed by atoms with Gasteiger partial charge in [-0.25, -0.2) is 0 Å². The molecule has 1 aromatic carbocycles. The van der Waals surface area contributed by atoms with Crippen LogP contribution in [0.1, 0.15) is 13.8 Å². The third-order valence-corrected chi connectivity index (χ3v) is 1.26. The van der Waals surface area contributed by atoms with Crippen LogP contribution in [0.25, 0.3) is 0 Å². The predicted octanol–water partition coefficient (Wildman–Crippen LogP) is 2.71. The highest BCUT2D eigenvalue weighted by Gasteiger charge is 1.88. The van der Waals surface area contributed by atoms with Crippen LogP contribution in [0.3, 0.4) is 0 Å². The van der Waals surface area contributed by atoms with Gasteiger partial charge in [0, 0.05) is 6.21 Å². The molecule has 0 amide bonds. The minimum Gasteiger partial charge on any atom is -0.357 e. The van der Waals surface area contributed by atoms with Crippen LogP contribution in [-0.4, -0.2) is 6.21 Å². The number of oxime groups is 1. The first-order chi connectivity index (χ1) is 5.79. The first kappa shape index (κ1) is 8.78. The van der Waals surface area contributed by atoms with Crippen LogP contribution in [0, 0.1) is 5.92 Å². The second kappa shape index (κ2) is 4.54.